The molecular weight excluding hydrogens is 484 g/mol. The van der Waals surface area contributed by atoms with Crippen molar-refractivity contribution in [2.75, 3.05) is 12.4 Å². The molecule has 3 rings (SSSR count). The lowest BCUT2D eigenvalue weighted by Gasteiger charge is -2.15. The van der Waals surface area contributed by atoms with Crippen molar-refractivity contribution in [3.05, 3.63) is 85.3 Å². The van der Waals surface area contributed by atoms with Gasteiger partial charge in [0.25, 0.3) is 0 Å². The quantitative estimate of drug-likeness (QED) is 0.361. The Labute approximate surface area is 187 Å². The normalized spacial score (nSPS) is 10.6. The van der Waals surface area contributed by atoms with Gasteiger partial charge in [-0.05, 0) is 59.7 Å². The standard InChI is InChI=1S/C21H17BrCl3NO2/c1-27-20-10-14(11-26-16-5-3-15(22)4-6-16)9-19(25)21(20)28-12-13-2-7-17(23)18(24)8-13/h2-10,26H,11-12H2,1H3. The van der Waals surface area contributed by atoms with Gasteiger partial charge in [0, 0.05) is 16.7 Å². The second-order valence-corrected chi connectivity index (χ2v) is 8.14. The Bertz CT molecular complexity index is 965. The summed E-state index contributed by atoms with van der Waals surface area (Å²) in [4.78, 5) is 0. The van der Waals surface area contributed by atoms with Crippen molar-refractivity contribution >= 4 is 56.4 Å². The van der Waals surface area contributed by atoms with Crippen LogP contribution in [-0.2, 0) is 13.2 Å². The zero-order valence-corrected chi connectivity index (χ0v) is 18.8. The molecule has 3 nitrogen and oxygen atoms in total. The van der Waals surface area contributed by atoms with Gasteiger partial charge in [-0.15, -0.1) is 0 Å². The molecule has 0 amide bonds. The number of nitrogens with one attached hydrogen (secondary N) is 1. The second kappa shape index (κ2) is 9.75. The summed E-state index contributed by atoms with van der Waals surface area (Å²) < 4.78 is 12.4. The van der Waals surface area contributed by atoms with Crippen LogP contribution in [-0.4, -0.2) is 7.11 Å². The molecule has 0 atom stereocenters. The summed E-state index contributed by atoms with van der Waals surface area (Å²) in [6.07, 6.45) is 0. The third kappa shape index (κ3) is 5.48. The van der Waals surface area contributed by atoms with Crippen molar-refractivity contribution in [3.63, 3.8) is 0 Å². The summed E-state index contributed by atoms with van der Waals surface area (Å²) in [5, 5.41) is 4.82. The number of halogens is 4. The van der Waals surface area contributed by atoms with E-state index in [1.165, 1.54) is 0 Å². The van der Waals surface area contributed by atoms with E-state index >= 15 is 0 Å². The van der Waals surface area contributed by atoms with E-state index in [0.29, 0.717) is 39.7 Å². The molecule has 0 unspecified atom stereocenters. The number of anilines is 1. The molecule has 0 spiro atoms. The van der Waals surface area contributed by atoms with Crippen molar-refractivity contribution in [3.8, 4) is 11.5 Å². The van der Waals surface area contributed by atoms with Gasteiger partial charge in [-0.3, -0.25) is 0 Å². The van der Waals surface area contributed by atoms with Gasteiger partial charge < -0.3 is 14.8 Å². The maximum absolute atomic E-state index is 6.45. The molecule has 0 aliphatic heterocycles. The van der Waals surface area contributed by atoms with Crippen LogP contribution in [0.5, 0.6) is 11.5 Å². The minimum absolute atomic E-state index is 0.295. The van der Waals surface area contributed by atoms with E-state index in [4.69, 9.17) is 44.3 Å². The average molecular weight is 502 g/mol. The molecule has 0 radical (unpaired) electrons. The van der Waals surface area contributed by atoms with Crippen LogP contribution in [0.15, 0.2) is 59.1 Å². The van der Waals surface area contributed by atoms with Crippen LogP contribution in [0.2, 0.25) is 15.1 Å². The topological polar surface area (TPSA) is 30.5 Å². The van der Waals surface area contributed by atoms with Crippen LogP contribution in [0.3, 0.4) is 0 Å². The first-order valence-electron chi connectivity index (χ1n) is 8.39. The highest BCUT2D eigenvalue weighted by Crippen LogP contribution is 2.37. The Morgan fingerprint density at radius 2 is 1.57 bits per heavy atom. The molecule has 0 aliphatic rings. The molecule has 0 aromatic heterocycles. The van der Waals surface area contributed by atoms with E-state index in [-0.39, 0.29) is 0 Å². The van der Waals surface area contributed by atoms with Gasteiger partial charge in [0.05, 0.1) is 22.2 Å². The lowest BCUT2D eigenvalue weighted by atomic mass is 10.2. The van der Waals surface area contributed by atoms with Crippen molar-refractivity contribution in [2.45, 2.75) is 13.2 Å². The summed E-state index contributed by atoms with van der Waals surface area (Å²) in [5.41, 5.74) is 2.87. The van der Waals surface area contributed by atoms with Crippen molar-refractivity contribution in [2.24, 2.45) is 0 Å². The zero-order valence-electron chi connectivity index (χ0n) is 14.9. The number of benzene rings is 3. The molecule has 7 heteroatoms. The van der Waals surface area contributed by atoms with Crippen LogP contribution in [0, 0.1) is 0 Å². The van der Waals surface area contributed by atoms with Crippen LogP contribution >= 0.6 is 50.7 Å². The summed E-state index contributed by atoms with van der Waals surface area (Å²) in [5.74, 6) is 1.06. The van der Waals surface area contributed by atoms with E-state index in [2.05, 4.69) is 21.2 Å². The fourth-order valence-electron chi connectivity index (χ4n) is 2.57. The summed E-state index contributed by atoms with van der Waals surface area (Å²) in [6, 6.07) is 17.1. The molecule has 3 aromatic rings. The molecular formula is C21H17BrCl3NO2. The molecule has 0 saturated carbocycles. The highest BCUT2D eigenvalue weighted by molar-refractivity contribution is 9.10. The first kappa shape index (κ1) is 21.1. The number of rotatable bonds is 7. The maximum Gasteiger partial charge on any atom is 0.180 e. The Balaban J connectivity index is 1.71. The summed E-state index contributed by atoms with van der Waals surface area (Å²) in [6.45, 7) is 0.897. The number of methoxy groups -OCH3 is 1. The van der Waals surface area contributed by atoms with Gasteiger partial charge in [0.15, 0.2) is 11.5 Å². The van der Waals surface area contributed by atoms with Gasteiger partial charge in [-0.2, -0.15) is 0 Å². The largest absolute Gasteiger partial charge is 0.493 e. The average Bonchev–Trinajstić information content (AvgIpc) is 2.69. The van der Waals surface area contributed by atoms with Gasteiger partial charge in [0.2, 0.25) is 0 Å². The third-order valence-electron chi connectivity index (χ3n) is 4.00. The predicted octanol–water partition coefficient (Wildman–Crippen LogP) is 7.61. The number of ether oxygens (including phenoxy) is 2. The Morgan fingerprint density at radius 1 is 0.857 bits per heavy atom. The fourth-order valence-corrected chi connectivity index (χ4v) is 3.45. The summed E-state index contributed by atoms with van der Waals surface area (Å²) in [7, 11) is 1.59. The van der Waals surface area contributed by atoms with E-state index in [9.17, 15) is 0 Å². The minimum atomic E-state index is 0.295. The van der Waals surface area contributed by atoms with Crippen LogP contribution in [0.1, 0.15) is 11.1 Å². The molecule has 0 aliphatic carbocycles. The smallest absolute Gasteiger partial charge is 0.180 e. The highest BCUT2D eigenvalue weighted by Gasteiger charge is 2.13. The minimum Gasteiger partial charge on any atom is -0.493 e. The lowest BCUT2D eigenvalue weighted by molar-refractivity contribution is 0.284. The Kier molecular flexibility index (Phi) is 7.36. The lowest BCUT2D eigenvalue weighted by Crippen LogP contribution is -2.02. The van der Waals surface area contributed by atoms with E-state index in [1.54, 1.807) is 19.2 Å². The Morgan fingerprint density at radius 3 is 2.25 bits per heavy atom. The van der Waals surface area contributed by atoms with Crippen molar-refractivity contribution < 1.29 is 9.47 Å². The van der Waals surface area contributed by atoms with Crippen LogP contribution < -0.4 is 14.8 Å². The van der Waals surface area contributed by atoms with Gasteiger partial charge in [0.1, 0.15) is 6.61 Å². The molecule has 0 heterocycles. The van der Waals surface area contributed by atoms with Gasteiger partial charge in [-0.1, -0.05) is 56.8 Å². The van der Waals surface area contributed by atoms with Gasteiger partial charge in [-0.25, -0.2) is 0 Å². The van der Waals surface area contributed by atoms with E-state index in [0.717, 1.165) is 21.3 Å². The SMILES string of the molecule is COc1cc(CNc2ccc(Br)cc2)cc(Cl)c1OCc1ccc(Cl)c(Cl)c1. The molecule has 3 aromatic carbocycles. The first-order chi connectivity index (χ1) is 13.5. The summed E-state index contributed by atoms with van der Waals surface area (Å²) >= 11 is 21.9. The fraction of sp³-hybridized carbons (Fsp3) is 0.143. The van der Waals surface area contributed by atoms with E-state index < -0.39 is 0 Å². The molecule has 0 fully saturated rings. The molecule has 0 saturated heterocycles. The number of hydrogen-bond donors (Lipinski definition) is 1. The molecule has 1 N–H and O–H groups in total. The zero-order chi connectivity index (χ0) is 20.1. The van der Waals surface area contributed by atoms with Crippen LogP contribution in [0.4, 0.5) is 5.69 Å². The maximum atomic E-state index is 6.45. The number of hydrogen-bond acceptors (Lipinski definition) is 3. The van der Waals surface area contributed by atoms with Gasteiger partial charge >= 0.3 is 0 Å². The van der Waals surface area contributed by atoms with E-state index in [1.807, 2.05) is 42.5 Å². The first-order valence-corrected chi connectivity index (χ1v) is 10.3. The third-order valence-corrected chi connectivity index (χ3v) is 5.55. The Hall–Kier alpha value is -1.59. The van der Waals surface area contributed by atoms with Crippen LogP contribution in [0.25, 0.3) is 0 Å². The molecule has 146 valence electrons. The monoisotopic (exact) mass is 499 g/mol. The highest BCUT2D eigenvalue weighted by atomic mass is 79.9. The predicted molar refractivity (Wildman–Crippen MR) is 120 cm³/mol. The second-order valence-electron chi connectivity index (χ2n) is 6.01. The molecule has 0 bridgehead atoms. The van der Waals surface area contributed by atoms with Crippen molar-refractivity contribution in [1.82, 2.24) is 0 Å². The van der Waals surface area contributed by atoms with Crippen molar-refractivity contribution in [1.29, 1.82) is 0 Å². The molecule has 28 heavy (non-hydrogen) atoms.